The minimum Gasteiger partial charge on any atom is -0.309 e. The minimum atomic E-state index is 0.605. The highest BCUT2D eigenvalue weighted by atomic mass is 15.2. The molecule has 1 saturated heterocycles. The van der Waals surface area contributed by atoms with Gasteiger partial charge in [0.1, 0.15) is 0 Å². The molecule has 1 heterocycles. The van der Waals surface area contributed by atoms with Crippen LogP contribution in [-0.4, -0.2) is 30.1 Å². The zero-order chi connectivity index (χ0) is 10.7. The van der Waals surface area contributed by atoms with E-state index in [1.165, 1.54) is 18.7 Å². The minimum absolute atomic E-state index is 0.605. The van der Waals surface area contributed by atoms with Crippen molar-refractivity contribution in [3.8, 4) is 0 Å². The van der Waals surface area contributed by atoms with E-state index in [1.54, 1.807) is 0 Å². The van der Waals surface area contributed by atoms with Crippen LogP contribution in [0.5, 0.6) is 0 Å². The maximum absolute atomic E-state index is 3.55. The van der Waals surface area contributed by atoms with Crippen molar-refractivity contribution in [2.45, 2.75) is 32.5 Å². The summed E-state index contributed by atoms with van der Waals surface area (Å²) in [6.07, 6.45) is 0. The summed E-state index contributed by atoms with van der Waals surface area (Å²) in [6.45, 7) is 7.89. The highest BCUT2D eigenvalue weighted by Crippen LogP contribution is 2.13. The predicted octanol–water partition coefficient (Wildman–Crippen LogP) is 1.87. The summed E-state index contributed by atoms with van der Waals surface area (Å²) >= 11 is 0. The highest BCUT2D eigenvalue weighted by Gasteiger charge is 2.26. The number of nitrogens with zero attached hydrogens (tertiary/aromatic N) is 1. The lowest BCUT2D eigenvalue weighted by Crippen LogP contribution is -2.58. The van der Waals surface area contributed by atoms with Gasteiger partial charge in [-0.25, -0.2) is 0 Å². The molecule has 0 spiro atoms. The molecule has 1 aliphatic rings. The third kappa shape index (κ3) is 3.05. The zero-order valence-corrected chi connectivity index (χ0v) is 9.61. The molecule has 0 aromatic heterocycles. The van der Waals surface area contributed by atoms with E-state index >= 15 is 0 Å². The Hall–Kier alpha value is -0.860. The van der Waals surface area contributed by atoms with Gasteiger partial charge in [-0.05, 0) is 5.56 Å². The van der Waals surface area contributed by atoms with Gasteiger partial charge in [-0.1, -0.05) is 44.2 Å². The predicted molar refractivity (Wildman–Crippen MR) is 63.8 cm³/mol. The van der Waals surface area contributed by atoms with Crippen molar-refractivity contribution >= 4 is 0 Å². The standard InChI is InChI=1S/C13H20N2/c1-11(2)14-13-9-15(10-13)8-12-6-4-3-5-7-12/h3-7,11,13-14H,8-10H2,1-2H3. The second-order valence-electron chi connectivity index (χ2n) is 4.70. The summed E-state index contributed by atoms with van der Waals surface area (Å²) in [5.74, 6) is 0. The second-order valence-corrected chi connectivity index (χ2v) is 4.70. The van der Waals surface area contributed by atoms with Crippen molar-refractivity contribution in [3.63, 3.8) is 0 Å². The zero-order valence-electron chi connectivity index (χ0n) is 9.61. The van der Waals surface area contributed by atoms with Crippen LogP contribution in [0.4, 0.5) is 0 Å². The Balaban J connectivity index is 1.72. The number of benzene rings is 1. The SMILES string of the molecule is CC(C)NC1CN(Cc2ccccc2)C1. The molecule has 0 unspecified atom stereocenters. The number of hydrogen-bond donors (Lipinski definition) is 1. The van der Waals surface area contributed by atoms with E-state index in [9.17, 15) is 0 Å². The average Bonchev–Trinajstić information content (AvgIpc) is 2.15. The third-order valence-electron chi connectivity index (χ3n) is 2.78. The Labute approximate surface area is 92.3 Å². The molecule has 1 N–H and O–H groups in total. The van der Waals surface area contributed by atoms with Crippen molar-refractivity contribution < 1.29 is 0 Å². The molecule has 1 aliphatic heterocycles. The first kappa shape index (κ1) is 10.7. The van der Waals surface area contributed by atoms with E-state index in [4.69, 9.17) is 0 Å². The van der Waals surface area contributed by atoms with Crippen LogP contribution < -0.4 is 5.32 Å². The van der Waals surface area contributed by atoms with Gasteiger partial charge < -0.3 is 5.32 Å². The van der Waals surface area contributed by atoms with Gasteiger partial charge in [0.25, 0.3) is 0 Å². The number of hydrogen-bond acceptors (Lipinski definition) is 2. The fourth-order valence-corrected chi connectivity index (χ4v) is 2.12. The first-order valence-electron chi connectivity index (χ1n) is 5.76. The lowest BCUT2D eigenvalue weighted by molar-refractivity contribution is 0.113. The second kappa shape index (κ2) is 4.77. The van der Waals surface area contributed by atoms with E-state index in [0.717, 1.165) is 6.54 Å². The van der Waals surface area contributed by atoms with Crippen molar-refractivity contribution in [1.82, 2.24) is 10.2 Å². The van der Waals surface area contributed by atoms with Gasteiger partial charge in [0.15, 0.2) is 0 Å². The summed E-state index contributed by atoms with van der Waals surface area (Å²) in [5.41, 5.74) is 1.42. The number of rotatable bonds is 4. The summed E-state index contributed by atoms with van der Waals surface area (Å²) in [6, 6.07) is 12.0. The lowest BCUT2D eigenvalue weighted by atomic mass is 10.1. The van der Waals surface area contributed by atoms with Gasteiger partial charge in [0.2, 0.25) is 0 Å². The molecule has 15 heavy (non-hydrogen) atoms. The van der Waals surface area contributed by atoms with Crippen LogP contribution in [0.3, 0.4) is 0 Å². The molecule has 2 nitrogen and oxygen atoms in total. The smallest absolute Gasteiger partial charge is 0.0325 e. The molecule has 1 aromatic carbocycles. The van der Waals surface area contributed by atoms with Crippen LogP contribution in [0.25, 0.3) is 0 Å². The largest absolute Gasteiger partial charge is 0.309 e. The normalized spacial score (nSPS) is 18.1. The van der Waals surface area contributed by atoms with Gasteiger partial charge in [-0.3, -0.25) is 4.90 Å². The lowest BCUT2D eigenvalue weighted by Gasteiger charge is -2.40. The van der Waals surface area contributed by atoms with Crippen molar-refractivity contribution in [1.29, 1.82) is 0 Å². The molecule has 0 radical (unpaired) electrons. The van der Waals surface area contributed by atoms with Gasteiger partial charge in [0, 0.05) is 31.7 Å². The Kier molecular flexibility index (Phi) is 3.39. The maximum atomic E-state index is 3.55. The van der Waals surface area contributed by atoms with Crippen LogP contribution in [0.1, 0.15) is 19.4 Å². The summed E-state index contributed by atoms with van der Waals surface area (Å²) in [5, 5.41) is 3.55. The van der Waals surface area contributed by atoms with Gasteiger partial charge in [-0.15, -0.1) is 0 Å². The molecular formula is C13H20N2. The Morgan fingerprint density at radius 2 is 1.93 bits per heavy atom. The molecule has 2 heteroatoms. The van der Waals surface area contributed by atoms with Gasteiger partial charge in [0.05, 0.1) is 0 Å². The van der Waals surface area contributed by atoms with Gasteiger partial charge >= 0.3 is 0 Å². The van der Waals surface area contributed by atoms with Crippen LogP contribution in [-0.2, 0) is 6.54 Å². The molecular weight excluding hydrogens is 184 g/mol. The van der Waals surface area contributed by atoms with Crippen molar-refractivity contribution in [2.75, 3.05) is 13.1 Å². The quantitative estimate of drug-likeness (QED) is 0.805. The first-order valence-corrected chi connectivity index (χ1v) is 5.76. The fraction of sp³-hybridized carbons (Fsp3) is 0.538. The monoisotopic (exact) mass is 204 g/mol. The van der Waals surface area contributed by atoms with E-state index in [2.05, 4.69) is 54.4 Å². The summed E-state index contributed by atoms with van der Waals surface area (Å²) < 4.78 is 0. The maximum Gasteiger partial charge on any atom is 0.0325 e. The summed E-state index contributed by atoms with van der Waals surface area (Å²) in [4.78, 5) is 2.48. The molecule has 0 amide bonds. The molecule has 1 aromatic rings. The average molecular weight is 204 g/mol. The van der Waals surface area contributed by atoms with Crippen molar-refractivity contribution in [3.05, 3.63) is 35.9 Å². The van der Waals surface area contributed by atoms with E-state index in [1.807, 2.05) is 0 Å². The molecule has 1 fully saturated rings. The molecule has 0 aliphatic carbocycles. The molecule has 0 bridgehead atoms. The first-order chi connectivity index (χ1) is 7.24. The molecule has 0 saturated carbocycles. The van der Waals surface area contributed by atoms with Crippen LogP contribution in [0.2, 0.25) is 0 Å². The van der Waals surface area contributed by atoms with Crippen LogP contribution in [0, 0.1) is 0 Å². The topological polar surface area (TPSA) is 15.3 Å². The van der Waals surface area contributed by atoms with Crippen LogP contribution in [0.15, 0.2) is 30.3 Å². The van der Waals surface area contributed by atoms with E-state index in [0.29, 0.717) is 12.1 Å². The Morgan fingerprint density at radius 3 is 2.53 bits per heavy atom. The third-order valence-corrected chi connectivity index (χ3v) is 2.78. The van der Waals surface area contributed by atoms with Gasteiger partial charge in [-0.2, -0.15) is 0 Å². The summed E-state index contributed by atoms with van der Waals surface area (Å²) in [7, 11) is 0. The number of likely N-dealkylation sites (tertiary alicyclic amines) is 1. The van der Waals surface area contributed by atoms with Crippen molar-refractivity contribution in [2.24, 2.45) is 0 Å². The molecule has 2 rings (SSSR count). The molecule has 82 valence electrons. The fourth-order valence-electron chi connectivity index (χ4n) is 2.12. The number of nitrogens with one attached hydrogen (secondary N) is 1. The van der Waals surface area contributed by atoms with Crippen LogP contribution >= 0.6 is 0 Å². The van der Waals surface area contributed by atoms with E-state index in [-0.39, 0.29) is 0 Å². The Morgan fingerprint density at radius 1 is 1.27 bits per heavy atom. The van der Waals surface area contributed by atoms with E-state index < -0.39 is 0 Å². The highest BCUT2D eigenvalue weighted by molar-refractivity contribution is 5.15. The Bertz CT molecular complexity index is 289. The molecule has 0 atom stereocenters.